The molecule has 0 unspecified atom stereocenters. The van der Waals surface area contributed by atoms with E-state index in [1.165, 1.54) is 0 Å². The Balaban J connectivity index is 1.75. The number of amides is 1. The van der Waals surface area contributed by atoms with Gasteiger partial charge in [-0.05, 0) is 62.9 Å². The molecule has 1 amide bonds. The first-order chi connectivity index (χ1) is 12.4. The molecule has 2 aromatic rings. The molecule has 1 saturated heterocycles. The zero-order valence-corrected chi connectivity index (χ0v) is 16.1. The lowest BCUT2D eigenvalue weighted by atomic mass is 9.96. The lowest BCUT2D eigenvalue weighted by Crippen LogP contribution is -2.47. The van der Waals surface area contributed by atoms with Gasteiger partial charge in [-0.1, -0.05) is 30.3 Å². The first-order valence-corrected chi connectivity index (χ1v) is 10.7. The van der Waals surface area contributed by atoms with E-state index in [2.05, 4.69) is 13.8 Å². The molecule has 138 valence electrons. The van der Waals surface area contributed by atoms with Gasteiger partial charge in [0, 0.05) is 17.6 Å². The summed E-state index contributed by atoms with van der Waals surface area (Å²) in [6, 6.07) is 15.9. The number of carbonyl (C=O) groups excluding carboxylic acids is 1. The fourth-order valence-corrected chi connectivity index (χ4v) is 5.01. The van der Waals surface area contributed by atoms with Crippen LogP contribution in [0.5, 0.6) is 0 Å². The van der Waals surface area contributed by atoms with Gasteiger partial charge in [0.2, 0.25) is 0 Å². The summed E-state index contributed by atoms with van der Waals surface area (Å²) in [5, 5.41) is 0. The Bertz CT molecular complexity index is 850. The van der Waals surface area contributed by atoms with Gasteiger partial charge in [0.05, 0.1) is 10.6 Å². The largest absolute Gasteiger partial charge is 0.333 e. The molecule has 0 N–H and O–H groups in total. The third kappa shape index (κ3) is 3.98. The van der Waals surface area contributed by atoms with Crippen molar-refractivity contribution in [3.05, 3.63) is 65.7 Å². The van der Waals surface area contributed by atoms with Crippen LogP contribution in [0.1, 0.15) is 49.0 Å². The smallest absolute Gasteiger partial charge is 0.254 e. The molecule has 3 rings (SSSR count). The SMILES string of the molecule is C[C@@H]1CCC[C@@H](C)N1C(=O)c1ccc(CS(=O)(=O)c2ccccc2)cc1. The highest BCUT2D eigenvalue weighted by molar-refractivity contribution is 7.90. The van der Waals surface area contributed by atoms with Crippen molar-refractivity contribution in [2.75, 3.05) is 0 Å². The minimum Gasteiger partial charge on any atom is -0.333 e. The van der Waals surface area contributed by atoms with Crippen LogP contribution >= 0.6 is 0 Å². The van der Waals surface area contributed by atoms with E-state index in [9.17, 15) is 13.2 Å². The molecule has 2 aromatic carbocycles. The summed E-state index contributed by atoms with van der Waals surface area (Å²) < 4.78 is 25.0. The van der Waals surface area contributed by atoms with Crippen LogP contribution in [0.4, 0.5) is 0 Å². The van der Waals surface area contributed by atoms with Crippen LogP contribution in [0.2, 0.25) is 0 Å². The molecule has 26 heavy (non-hydrogen) atoms. The Kier molecular flexibility index (Phi) is 5.47. The third-order valence-electron chi connectivity index (χ3n) is 5.09. The molecule has 5 heteroatoms. The minimum atomic E-state index is -3.38. The van der Waals surface area contributed by atoms with Crippen molar-refractivity contribution in [1.82, 2.24) is 4.90 Å². The van der Waals surface area contributed by atoms with Crippen LogP contribution in [0.15, 0.2) is 59.5 Å². The second-order valence-corrected chi connectivity index (χ2v) is 9.10. The summed E-state index contributed by atoms with van der Waals surface area (Å²) in [6.07, 6.45) is 3.22. The molecular formula is C21H25NO3S. The number of piperidine rings is 1. The molecule has 0 aromatic heterocycles. The van der Waals surface area contributed by atoms with Crippen molar-refractivity contribution in [1.29, 1.82) is 0 Å². The molecule has 1 fully saturated rings. The van der Waals surface area contributed by atoms with Crippen molar-refractivity contribution in [2.24, 2.45) is 0 Å². The normalized spacial score (nSPS) is 20.8. The Labute approximate surface area is 155 Å². The Morgan fingerprint density at radius 1 is 0.962 bits per heavy atom. The third-order valence-corrected chi connectivity index (χ3v) is 6.79. The maximum absolute atomic E-state index is 12.8. The van der Waals surface area contributed by atoms with Crippen molar-refractivity contribution < 1.29 is 13.2 Å². The van der Waals surface area contributed by atoms with E-state index in [4.69, 9.17) is 0 Å². The molecule has 0 spiro atoms. The molecule has 0 bridgehead atoms. The molecule has 1 aliphatic heterocycles. The van der Waals surface area contributed by atoms with E-state index in [0.29, 0.717) is 16.0 Å². The number of hydrogen-bond donors (Lipinski definition) is 0. The molecule has 1 aliphatic rings. The van der Waals surface area contributed by atoms with Gasteiger partial charge in [-0.3, -0.25) is 4.79 Å². The van der Waals surface area contributed by atoms with Crippen LogP contribution < -0.4 is 0 Å². The van der Waals surface area contributed by atoms with Gasteiger partial charge in [-0.15, -0.1) is 0 Å². The summed E-state index contributed by atoms with van der Waals surface area (Å²) in [5.74, 6) is -0.0377. The topological polar surface area (TPSA) is 54.5 Å². The standard InChI is InChI=1S/C21H25NO3S/c1-16-7-6-8-17(2)22(16)21(23)19-13-11-18(12-14-19)15-26(24,25)20-9-4-3-5-10-20/h3-5,9-14,16-17H,6-8,15H2,1-2H3/t16-,17-/m1/s1. The average molecular weight is 372 g/mol. The minimum absolute atomic E-state index is 0.0298. The van der Waals surface area contributed by atoms with Gasteiger partial charge in [0.15, 0.2) is 9.84 Å². The number of benzene rings is 2. The number of nitrogens with zero attached hydrogens (tertiary/aromatic N) is 1. The molecule has 2 atom stereocenters. The van der Waals surface area contributed by atoms with Gasteiger partial charge < -0.3 is 4.90 Å². The average Bonchev–Trinajstić information content (AvgIpc) is 2.62. The zero-order valence-electron chi connectivity index (χ0n) is 15.3. The first kappa shape index (κ1) is 18.6. The van der Waals surface area contributed by atoms with Crippen molar-refractivity contribution >= 4 is 15.7 Å². The number of carbonyl (C=O) groups is 1. The second kappa shape index (κ2) is 7.62. The maximum Gasteiger partial charge on any atom is 0.254 e. The number of sulfone groups is 1. The summed E-state index contributed by atoms with van der Waals surface area (Å²) in [6.45, 7) is 4.18. The molecule has 1 heterocycles. The lowest BCUT2D eigenvalue weighted by Gasteiger charge is -2.39. The van der Waals surface area contributed by atoms with Crippen molar-refractivity contribution in [3.63, 3.8) is 0 Å². The van der Waals surface area contributed by atoms with Gasteiger partial charge in [0.25, 0.3) is 5.91 Å². The highest BCUT2D eigenvalue weighted by Crippen LogP contribution is 2.25. The van der Waals surface area contributed by atoms with Gasteiger partial charge in [0.1, 0.15) is 0 Å². The summed E-state index contributed by atoms with van der Waals surface area (Å²) >= 11 is 0. The van der Waals surface area contributed by atoms with Crippen LogP contribution in [-0.2, 0) is 15.6 Å². The van der Waals surface area contributed by atoms with E-state index in [-0.39, 0.29) is 23.7 Å². The Morgan fingerprint density at radius 2 is 1.54 bits per heavy atom. The highest BCUT2D eigenvalue weighted by Gasteiger charge is 2.29. The van der Waals surface area contributed by atoms with E-state index in [1.54, 1.807) is 54.6 Å². The highest BCUT2D eigenvalue weighted by atomic mass is 32.2. The number of rotatable bonds is 4. The zero-order chi connectivity index (χ0) is 18.7. The predicted molar refractivity (Wildman–Crippen MR) is 103 cm³/mol. The van der Waals surface area contributed by atoms with E-state index < -0.39 is 9.84 Å². The lowest BCUT2D eigenvalue weighted by molar-refractivity contribution is 0.0511. The number of hydrogen-bond acceptors (Lipinski definition) is 3. The van der Waals surface area contributed by atoms with Gasteiger partial charge >= 0.3 is 0 Å². The second-order valence-electron chi connectivity index (χ2n) is 7.11. The van der Waals surface area contributed by atoms with Crippen molar-refractivity contribution in [2.45, 2.75) is 55.8 Å². The fourth-order valence-electron chi connectivity index (χ4n) is 3.64. The predicted octanol–water partition coefficient (Wildman–Crippen LogP) is 4.06. The van der Waals surface area contributed by atoms with E-state index in [0.717, 1.165) is 19.3 Å². The fraction of sp³-hybridized carbons (Fsp3) is 0.381. The molecule has 0 radical (unpaired) electrons. The first-order valence-electron chi connectivity index (χ1n) is 9.08. The summed E-state index contributed by atoms with van der Waals surface area (Å²) in [5.41, 5.74) is 1.30. The van der Waals surface area contributed by atoms with Crippen LogP contribution in [0, 0.1) is 0 Å². The monoisotopic (exact) mass is 371 g/mol. The summed E-state index contributed by atoms with van der Waals surface area (Å²) in [7, 11) is -3.38. The van der Waals surface area contributed by atoms with Gasteiger partial charge in [-0.25, -0.2) is 8.42 Å². The van der Waals surface area contributed by atoms with Crippen LogP contribution in [-0.4, -0.2) is 31.3 Å². The number of likely N-dealkylation sites (tertiary alicyclic amines) is 1. The molecule has 4 nitrogen and oxygen atoms in total. The summed E-state index contributed by atoms with van der Waals surface area (Å²) in [4.78, 5) is 15.1. The molecule has 0 aliphatic carbocycles. The van der Waals surface area contributed by atoms with Crippen molar-refractivity contribution in [3.8, 4) is 0 Å². The molecule has 0 saturated carbocycles. The van der Waals surface area contributed by atoms with Crippen LogP contribution in [0.25, 0.3) is 0 Å². The Morgan fingerprint density at radius 3 is 2.12 bits per heavy atom. The van der Waals surface area contributed by atoms with E-state index >= 15 is 0 Å². The quantitative estimate of drug-likeness (QED) is 0.814. The van der Waals surface area contributed by atoms with Crippen LogP contribution in [0.3, 0.4) is 0 Å². The van der Waals surface area contributed by atoms with Gasteiger partial charge in [-0.2, -0.15) is 0 Å². The van der Waals surface area contributed by atoms with E-state index in [1.807, 2.05) is 4.90 Å². The Hall–Kier alpha value is -2.14. The maximum atomic E-state index is 12.8. The molecular weight excluding hydrogens is 346 g/mol.